The summed E-state index contributed by atoms with van der Waals surface area (Å²) in [6.07, 6.45) is 6.04. The highest BCUT2D eigenvalue weighted by atomic mass is 16.5. The molecule has 1 saturated carbocycles. The van der Waals surface area contributed by atoms with E-state index in [4.69, 9.17) is 4.52 Å². The third-order valence-corrected chi connectivity index (χ3v) is 5.03. The quantitative estimate of drug-likeness (QED) is 0.900. The van der Waals surface area contributed by atoms with Gasteiger partial charge in [-0.3, -0.25) is 9.69 Å². The highest BCUT2D eigenvalue weighted by Gasteiger charge is 2.33. The van der Waals surface area contributed by atoms with E-state index >= 15 is 0 Å². The van der Waals surface area contributed by atoms with Crippen LogP contribution in [0, 0.1) is 5.92 Å². The molecule has 0 radical (unpaired) electrons. The van der Waals surface area contributed by atoms with Crippen molar-refractivity contribution in [3.63, 3.8) is 0 Å². The molecule has 4 rings (SSSR count). The van der Waals surface area contributed by atoms with Crippen LogP contribution in [0.4, 0.5) is 0 Å². The van der Waals surface area contributed by atoms with Crippen molar-refractivity contribution in [2.24, 2.45) is 13.0 Å². The second kappa shape index (κ2) is 6.05. The van der Waals surface area contributed by atoms with Gasteiger partial charge in [0.2, 0.25) is 0 Å². The Bertz CT molecular complexity index is 733. The maximum atomic E-state index is 12.4. The van der Waals surface area contributed by atoms with E-state index < -0.39 is 0 Å². The molecule has 7 heteroatoms. The number of aryl methyl sites for hydroxylation is 1. The van der Waals surface area contributed by atoms with Crippen LogP contribution in [-0.4, -0.2) is 44.6 Å². The van der Waals surface area contributed by atoms with Crippen molar-refractivity contribution in [2.45, 2.75) is 38.3 Å². The van der Waals surface area contributed by atoms with E-state index in [1.165, 1.54) is 0 Å². The van der Waals surface area contributed by atoms with Gasteiger partial charge in [-0.05, 0) is 18.8 Å². The molecule has 2 fully saturated rings. The third kappa shape index (κ3) is 3.08. The Labute approximate surface area is 141 Å². The average Bonchev–Trinajstić information content (AvgIpc) is 2.98. The number of hydrogen-bond acceptors (Lipinski definition) is 5. The molecule has 2 unspecified atom stereocenters. The Morgan fingerprint density at radius 2 is 2.25 bits per heavy atom. The molecule has 1 aliphatic carbocycles. The normalized spacial score (nSPS) is 24.4. The molecular weight excluding hydrogens is 306 g/mol. The van der Waals surface area contributed by atoms with Crippen LogP contribution in [0.25, 0.3) is 0 Å². The first-order valence-electron chi connectivity index (χ1n) is 8.56. The van der Waals surface area contributed by atoms with Gasteiger partial charge in [-0.2, -0.15) is 0 Å². The molecule has 2 atom stereocenters. The van der Waals surface area contributed by atoms with Gasteiger partial charge in [0.05, 0.1) is 6.54 Å². The fourth-order valence-electron chi connectivity index (χ4n) is 3.33. The molecule has 0 spiro atoms. The summed E-state index contributed by atoms with van der Waals surface area (Å²) >= 11 is 0. The first-order chi connectivity index (χ1) is 11.6. The van der Waals surface area contributed by atoms with E-state index in [0.717, 1.165) is 44.1 Å². The summed E-state index contributed by atoms with van der Waals surface area (Å²) in [5.41, 5.74) is 0.395. The van der Waals surface area contributed by atoms with E-state index in [-0.39, 0.29) is 11.9 Å². The number of carbonyl (C=O) groups is 1. The van der Waals surface area contributed by atoms with E-state index in [2.05, 4.69) is 27.3 Å². The van der Waals surface area contributed by atoms with Crippen molar-refractivity contribution in [3.8, 4) is 0 Å². The maximum absolute atomic E-state index is 12.4. The number of carbonyl (C=O) groups excluding carboxylic acids is 1. The number of nitrogens with zero attached hydrogens (tertiary/aromatic N) is 4. The molecule has 0 bridgehead atoms. The van der Waals surface area contributed by atoms with Gasteiger partial charge in [-0.25, -0.2) is 4.98 Å². The van der Waals surface area contributed by atoms with Crippen molar-refractivity contribution in [3.05, 3.63) is 35.7 Å². The standard InChI is InChI=1S/C17H23N5O2/c1-11-8-22(10-16-18-5-6-21(16)2)9-14(11)19-17(23)13-7-15(24-20-13)12-3-4-12/h5-7,11-12,14H,3-4,8-10H2,1-2H3,(H,19,23). The van der Waals surface area contributed by atoms with Crippen LogP contribution in [0.1, 0.15) is 47.8 Å². The number of imidazole rings is 1. The minimum Gasteiger partial charge on any atom is -0.360 e. The predicted octanol–water partition coefficient (Wildman–Crippen LogP) is 1.54. The number of hydrogen-bond donors (Lipinski definition) is 1. The fourth-order valence-corrected chi connectivity index (χ4v) is 3.33. The Hall–Kier alpha value is -2.15. The minimum atomic E-state index is -0.138. The van der Waals surface area contributed by atoms with E-state index in [1.54, 1.807) is 6.07 Å². The Kier molecular flexibility index (Phi) is 3.88. The van der Waals surface area contributed by atoms with Crippen molar-refractivity contribution in [1.29, 1.82) is 0 Å². The minimum absolute atomic E-state index is 0.124. The lowest BCUT2D eigenvalue weighted by Crippen LogP contribution is -2.40. The van der Waals surface area contributed by atoms with Crippen LogP contribution in [0.3, 0.4) is 0 Å². The molecule has 2 aliphatic rings. The van der Waals surface area contributed by atoms with Gasteiger partial charge in [0.15, 0.2) is 5.69 Å². The summed E-state index contributed by atoms with van der Waals surface area (Å²) in [7, 11) is 2.00. The van der Waals surface area contributed by atoms with Crippen LogP contribution in [0.2, 0.25) is 0 Å². The summed E-state index contributed by atoms with van der Waals surface area (Å²) in [5, 5.41) is 7.03. The number of nitrogens with one attached hydrogen (secondary N) is 1. The molecule has 1 aliphatic heterocycles. The number of likely N-dealkylation sites (tertiary alicyclic amines) is 1. The van der Waals surface area contributed by atoms with Crippen LogP contribution in [0.15, 0.2) is 23.0 Å². The lowest BCUT2D eigenvalue weighted by atomic mass is 10.1. The van der Waals surface area contributed by atoms with Crippen molar-refractivity contribution in [1.82, 2.24) is 24.9 Å². The lowest BCUT2D eigenvalue weighted by molar-refractivity contribution is 0.0922. The number of aromatic nitrogens is 3. The molecular formula is C17H23N5O2. The molecule has 1 N–H and O–H groups in total. The molecule has 24 heavy (non-hydrogen) atoms. The van der Waals surface area contributed by atoms with Crippen molar-refractivity contribution < 1.29 is 9.32 Å². The summed E-state index contributed by atoms with van der Waals surface area (Å²) in [6, 6.07) is 1.91. The number of rotatable bonds is 5. The van der Waals surface area contributed by atoms with Crippen molar-refractivity contribution in [2.75, 3.05) is 13.1 Å². The van der Waals surface area contributed by atoms with E-state index in [0.29, 0.717) is 17.5 Å². The third-order valence-electron chi connectivity index (χ3n) is 5.03. The zero-order chi connectivity index (χ0) is 16.7. The Morgan fingerprint density at radius 1 is 1.42 bits per heavy atom. The first kappa shape index (κ1) is 15.4. The zero-order valence-electron chi connectivity index (χ0n) is 14.1. The SMILES string of the molecule is CC1CN(Cc2nccn2C)CC1NC(=O)c1cc(C2CC2)on1. The lowest BCUT2D eigenvalue weighted by Gasteiger charge is -2.16. The smallest absolute Gasteiger partial charge is 0.273 e. The summed E-state index contributed by atoms with van der Waals surface area (Å²) < 4.78 is 7.31. The molecule has 0 aromatic carbocycles. The van der Waals surface area contributed by atoms with Gasteiger partial charge in [-0.15, -0.1) is 0 Å². The van der Waals surface area contributed by atoms with Crippen LogP contribution in [0.5, 0.6) is 0 Å². The van der Waals surface area contributed by atoms with Gasteiger partial charge < -0.3 is 14.4 Å². The van der Waals surface area contributed by atoms with Gasteiger partial charge in [-0.1, -0.05) is 12.1 Å². The Morgan fingerprint density at radius 3 is 2.96 bits per heavy atom. The van der Waals surface area contributed by atoms with Crippen LogP contribution >= 0.6 is 0 Å². The molecule has 7 nitrogen and oxygen atoms in total. The van der Waals surface area contributed by atoms with Gasteiger partial charge >= 0.3 is 0 Å². The van der Waals surface area contributed by atoms with Crippen LogP contribution < -0.4 is 5.32 Å². The summed E-state index contributed by atoms with van der Waals surface area (Å²) in [6.45, 7) is 4.74. The van der Waals surface area contributed by atoms with Crippen molar-refractivity contribution >= 4 is 5.91 Å². The second-order valence-electron chi connectivity index (χ2n) is 7.09. The van der Waals surface area contributed by atoms with Gasteiger partial charge in [0, 0.05) is 50.6 Å². The molecule has 1 saturated heterocycles. The van der Waals surface area contributed by atoms with Gasteiger partial charge in [0.1, 0.15) is 11.6 Å². The summed E-state index contributed by atoms with van der Waals surface area (Å²) in [5.74, 6) is 2.61. The molecule has 2 aromatic rings. The molecule has 2 aromatic heterocycles. The van der Waals surface area contributed by atoms with E-state index in [1.807, 2.05) is 24.0 Å². The van der Waals surface area contributed by atoms with Crippen LogP contribution in [-0.2, 0) is 13.6 Å². The second-order valence-corrected chi connectivity index (χ2v) is 7.09. The molecule has 3 heterocycles. The zero-order valence-corrected chi connectivity index (χ0v) is 14.1. The number of amides is 1. The Balaban J connectivity index is 1.35. The predicted molar refractivity (Wildman–Crippen MR) is 87.4 cm³/mol. The molecule has 128 valence electrons. The maximum Gasteiger partial charge on any atom is 0.273 e. The average molecular weight is 329 g/mol. The summed E-state index contributed by atoms with van der Waals surface area (Å²) in [4.78, 5) is 19.1. The first-order valence-corrected chi connectivity index (χ1v) is 8.56. The fraction of sp³-hybridized carbons (Fsp3) is 0.588. The molecule has 1 amide bonds. The highest BCUT2D eigenvalue weighted by Crippen LogP contribution is 2.40. The van der Waals surface area contributed by atoms with E-state index in [9.17, 15) is 4.79 Å². The van der Waals surface area contributed by atoms with Gasteiger partial charge in [0.25, 0.3) is 5.91 Å². The highest BCUT2D eigenvalue weighted by molar-refractivity contribution is 5.92. The topological polar surface area (TPSA) is 76.2 Å². The largest absolute Gasteiger partial charge is 0.360 e. The monoisotopic (exact) mass is 329 g/mol.